The zero-order chi connectivity index (χ0) is 22.9. The molecule has 8 nitrogen and oxygen atoms in total. The van der Waals surface area contributed by atoms with Crippen molar-refractivity contribution in [1.29, 1.82) is 0 Å². The van der Waals surface area contributed by atoms with Crippen LogP contribution in [0.3, 0.4) is 0 Å². The highest BCUT2D eigenvalue weighted by Crippen LogP contribution is 2.26. The van der Waals surface area contributed by atoms with Crippen LogP contribution >= 0.6 is 0 Å². The van der Waals surface area contributed by atoms with Gasteiger partial charge in [0, 0.05) is 45.9 Å². The molecule has 5 rings (SSSR count). The van der Waals surface area contributed by atoms with E-state index in [1.54, 1.807) is 31.6 Å². The Hall–Kier alpha value is -3.30. The normalized spacial score (nSPS) is 19.4. The van der Waals surface area contributed by atoms with E-state index in [1.165, 1.54) is 6.07 Å². The number of nitrogens with two attached hydrogens (primary N) is 1. The van der Waals surface area contributed by atoms with Gasteiger partial charge in [0.15, 0.2) is 0 Å². The number of rotatable bonds is 4. The molecule has 0 saturated carbocycles. The number of imidazole rings is 1. The van der Waals surface area contributed by atoms with Gasteiger partial charge in [0.25, 0.3) is 0 Å². The van der Waals surface area contributed by atoms with Gasteiger partial charge in [-0.05, 0) is 30.5 Å². The van der Waals surface area contributed by atoms with Crippen LogP contribution in [0.1, 0.15) is 24.2 Å². The molecular weight excluding hydrogens is 421 g/mol. The quantitative estimate of drug-likeness (QED) is 0.659. The summed E-state index contributed by atoms with van der Waals surface area (Å²) in [5, 5.41) is 0. The summed E-state index contributed by atoms with van der Waals surface area (Å²) in [6.07, 6.45) is 7.57. The molecule has 1 saturated heterocycles. The fourth-order valence-corrected chi connectivity index (χ4v) is 4.49. The maximum atomic E-state index is 14.2. The molecule has 1 aromatic carbocycles. The number of aliphatic imine (C=N–C) groups is 1. The Morgan fingerprint density at radius 3 is 2.76 bits per heavy atom. The van der Waals surface area contributed by atoms with E-state index in [0.29, 0.717) is 17.8 Å². The Balaban J connectivity index is 1.45. The number of hydrogen-bond acceptors (Lipinski definition) is 7. The van der Waals surface area contributed by atoms with Crippen molar-refractivity contribution < 1.29 is 9.13 Å². The molecule has 9 heteroatoms. The summed E-state index contributed by atoms with van der Waals surface area (Å²) in [7, 11) is 3.69. The Labute approximate surface area is 192 Å². The van der Waals surface area contributed by atoms with Gasteiger partial charge >= 0.3 is 0 Å². The Morgan fingerprint density at radius 1 is 1.21 bits per heavy atom. The van der Waals surface area contributed by atoms with Crippen LogP contribution in [0.4, 0.5) is 10.2 Å². The van der Waals surface area contributed by atoms with Crippen LogP contribution in [0.25, 0.3) is 11.0 Å². The average molecular weight is 450 g/mol. The van der Waals surface area contributed by atoms with E-state index >= 15 is 0 Å². The first-order chi connectivity index (χ1) is 16.0. The lowest BCUT2D eigenvalue weighted by atomic mass is 10.1. The summed E-state index contributed by atoms with van der Waals surface area (Å²) < 4.78 is 21.6. The lowest BCUT2D eigenvalue weighted by Crippen LogP contribution is -2.55. The van der Waals surface area contributed by atoms with Crippen LogP contribution in [0.15, 0.2) is 53.8 Å². The van der Waals surface area contributed by atoms with E-state index in [0.717, 1.165) is 48.7 Å². The number of halogens is 1. The van der Waals surface area contributed by atoms with Crippen molar-refractivity contribution in [2.45, 2.75) is 31.5 Å². The highest BCUT2D eigenvalue weighted by molar-refractivity contribution is 5.98. The van der Waals surface area contributed by atoms with E-state index in [4.69, 9.17) is 20.4 Å². The minimum atomic E-state index is -0.385. The van der Waals surface area contributed by atoms with Crippen LogP contribution in [-0.4, -0.2) is 57.9 Å². The SMILES string of the molecule is COC1CCN(C2=NC=CC(N)N2c2cc3nc(Cc4ccccc4F)n(C)c3cn2)CC1. The summed E-state index contributed by atoms with van der Waals surface area (Å²) in [5.74, 6) is 2.01. The van der Waals surface area contributed by atoms with Gasteiger partial charge in [-0.2, -0.15) is 0 Å². The predicted octanol–water partition coefficient (Wildman–Crippen LogP) is 2.78. The number of methoxy groups -OCH3 is 1. The van der Waals surface area contributed by atoms with E-state index < -0.39 is 0 Å². The molecule has 4 heterocycles. The van der Waals surface area contributed by atoms with Crippen molar-refractivity contribution in [3.63, 3.8) is 0 Å². The first-order valence-electron chi connectivity index (χ1n) is 11.2. The zero-order valence-corrected chi connectivity index (χ0v) is 18.9. The number of ether oxygens (including phenoxy) is 1. The zero-order valence-electron chi connectivity index (χ0n) is 18.9. The second-order valence-corrected chi connectivity index (χ2v) is 8.44. The third kappa shape index (κ3) is 4.09. The number of anilines is 1. The maximum absolute atomic E-state index is 14.2. The number of aromatic nitrogens is 3. The standard InChI is InChI=1S/C24H28FN7O/c1-30-20-15-28-22(14-19(20)29-23(30)13-16-5-3-4-6-18(16)25)32-21(26)7-10-27-24(32)31-11-8-17(33-2)9-12-31/h3-7,10,14-15,17,21H,8-9,11-13,26H2,1-2H3. The molecule has 0 spiro atoms. The van der Waals surface area contributed by atoms with Crippen molar-refractivity contribution in [3.8, 4) is 0 Å². The van der Waals surface area contributed by atoms with Crippen LogP contribution < -0.4 is 10.6 Å². The lowest BCUT2D eigenvalue weighted by Gasteiger charge is -2.40. The van der Waals surface area contributed by atoms with Crippen LogP contribution in [-0.2, 0) is 18.2 Å². The van der Waals surface area contributed by atoms with Gasteiger partial charge in [0.1, 0.15) is 23.6 Å². The van der Waals surface area contributed by atoms with Gasteiger partial charge in [-0.1, -0.05) is 18.2 Å². The molecule has 0 aliphatic carbocycles. The maximum Gasteiger partial charge on any atom is 0.208 e. The summed E-state index contributed by atoms with van der Waals surface area (Å²) in [4.78, 5) is 18.3. The van der Waals surface area contributed by atoms with Crippen molar-refractivity contribution in [3.05, 3.63) is 66.0 Å². The second kappa shape index (κ2) is 8.92. The molecule has 1 fully saturated rings. The number of nitrogens with zero attached hydrogens (tertiary/aromatic N) is 6. The number of guanidine groups is 1. The first kappa shape index (κ1) is 21.5. The molecule has 3 aromatic rings. The van der Waals surface area contributed by atoms with Gasteiger partial charge in [-0.3, -0.25) is 4.90 Å². The average Bonchev–Trinajstić information content (AvgIpc) is 3.15. The van der Waals surface area contributed by atoms with E-state index in [-0.39, 0.29) is 18.1 Å². The minimum absolute atomic E-state index is 0.229. The van der Waals surface area contributed by atoms with Gasteiger partial charge in [0.05, 0.1) is 23.3 Å². The molecule has 33 heavy (non-hydrogen) atoms. The van der Waals surface area contributed by atoms with Crippen molar-refractivity contribution in [2.75, 3.05) is 25.1 Å². The molecule has 0 radical (unpaired) electrons. The van der Waals surface area contributed by atoms with Crippen LogP contribution in [0.5, 0.6) is 0 Å². The molecule has 2 aliphatic rings. The molecule has 2 N–H and O–H groups in total. The highest BCUT2D eigenvalue weighted by Gasteiger charge is 2.30. The van der Waals surface area contributed by atoms with E-state index in [2.05, 4.69) is 9.89 Å². The molecule has 2 aromatic heterocycles. The van der Waals surface area contributed by atoms with E-state index in [1.807, 2.05) is 34.7 Å². The predicted molar refractivity (Wildman–Crippen MR) is 126 cm³/mol. The van der Waals surface area contributed by atoms with Gasteiger partial charge in [-0.15, -0.1) is 0 Å². The smallest absolute Gasteiger partial charge is 0.208 e. The first-order valence-corrected chi connectivity index (χ1v) is 11.2. The van der Waals surface area contributed by atoms with Crippen molar-refractivity contribution in [2.24, 2.45) is 17.8 Å². The number of benzene rings is 1. The third-order valence-corrected chi connectivity index (χ3v) is 6.44. The number of likely N-dealkylation sites (tertiary alicyclic amines) is 1. The van der Waals surface area contributed by atoms with Crippen LogP contribution in [0.2, 0.25) is 0 Å². The second-order valence-electron chi connectivity index (χ2n) is 8.44. The highest BCUT2D eigenvalue weighted by atomic mass is 19.1. The largest absolute Gasteiger partial charge is 0.381 e. The van der Waals surface area contributed by atoms with Crippen molar-refractivity contribution in [1.82, 2.24) is 19.4 Å². The topological polar surface area (TPSA) is 84.8 Å². The monoisotopic (exact) mass is 449 g/mol. The Morgan fingerprint density at radius 2 is 2.00 bits per heavy atom. The van der Waals surface area contributed by atoms with Crippen LogP contribution in [0, 0.1) is 5.82 Å². The fraction of sp³-hybridized carbons (Fsp3) is 0.375. The molecule has 2 aliphatic heterocycles. The Bertz CT molecular complexity index is 1210. The van der Waals surface area contributed by atoms with E-state index in [9.17, 15) is 4.39 Å². The molecule has 0 amide bonds. The summed E-state index contributed by atoms with van der Waals surface area (Å²) in [6.45, 7) is 1.68. The van der Waals surface area contributed by atoms with Crippen molar-refractivity contribution >= 4 is 22.8 Å². The summed E-state index contributed by atoms with van der Waals surface area (Å²) >= 11 is 0. The molecule has 0 bridgehead atoms. The van der Waals surface area contributed by atoms with Gasteiger partial charge in [-0.25, -0.2) is 19.4 Å². The summed E-state index contributed by atoms with van der Waals surface area (Å²) in [5.41, 5.74) is 8.74. The third-order valence-electron chi connectivity index (χ3n) is 6.44. The minimum Gasteiger partial charge on any atom is -0.381 e. The fourth-order valence-electron chi connectivity index (χ4n) is 4.49. The number of piperidine rings is 1. The molecule has 1 unspecified atom stereocenters. The summed E-state index contributed by atoms with van der Waals surface area (Å²) in [6, 6.07) is 8.71. The van der Waals surface area contributed by atoms with Gasteiger partial charge in [0.2, 0.25) is 5.96 Å². The number of pyridine rings is 1. The number of fused-ring (bicyclic) bond motifs is 1. The molecular formula is C24H28FN7O. The van der Waals surface area contributed by atoms with Gasteiger partial charge < -0.3 is 19.9 Å². The number of hydrogen-bond donors (Lipinski definition) is 1. The Kier molecular flexibility index (Phi) is 5.82. The lowest BCUT2D eigenvalue weighted by molar-refractivity contribution is 0.0574. The molecule has 172 valence electrons. The molecule has 1 atom stereocenters. The number of aryl methyl sites for hydroxylation is 1.